The van der Waals surface area contributed by atoms with Gasteiger partial charge in [0, 0.05) is 6.42 Å². The maximum atomic E-state index is 12.7. The van der Waals surface area contributed by atoms with Gasteiger partial charge in [-0.3, -0.25) is 0 Å². The lowest BCUT2D eigenvalue weighted by Gasteiger charge is -2.44. The summed E-state index contributed by atoms with van der Waals surface area (Å²) < 4.78 is 11.9. The van der Waals surface area contributed by atoms with Gasteiger partial charge in [-0.15, -0.1) is 5.10 Å². The Morgan fingerprint density at radius 3 is 2.70 bits per heavy atom. The predicted octanol–water partition coefficient (Wildman–Crippen LogP) is -2.15. The molecule has 13 heteroatoms. The quantitative estimate of drug-likeness (QED) is 0.294. The number of ether oxygens (including phenoxy) is 2. The van der Waals surface area contributed by atoms with Crippen LogP contribution in [0.15, 0.2) is 35.5 Å². The molecule has 30 heavy (non-hydrogen) atoms. The zero-order valence-corrected chi connectivity index (χ0v) is 16.7. The average Bonchev–Trinajstić information content (AvgIpc) is 3.22. The SMILES string of the molecule is COC(=O)[C@]1(Sc2nnnn2-c2ccccc2)C[C@H](O)[C@@H](O)[C@H]([C@@H](O)[C@H](O)CO)O1. The number of benzene rings is 1. The maximum Gasteiger partial charge on any atom is 0.349 e. The van der Waals surface area contributed by atoms with Crippen LogP contribution >= 0.6 is 11.8 Å². The van der Waals surface area contributed by atoms with Crippen LogP contribution in [0.25, 0.3) is 5.69 Å². The van der Waals surface area contributed by atoms with Crippen molar-refractivity contribution in [3.63, 3.8) is 0 Å². The van der Waals surface area contributed by atoms with Crippen molar-refractivity contribution in [1.29, 1.82) is 0 Å². The van der Waals surface area contributed by atoms with Gasteiger partial charge in [-0.2, -0.15) is 4.68 Å². The Labute approximate surface area is 175 Å². The van der Waals surface area contributed by atoms with Gasteiger partial charge in [-0.25, -0.2) is 4.79 Å². The molecular weight excluding hydrogens is 420 g/mol. The van der Waals surface area contributed by atoms with Gasteiger partial charge in [0.05, 0.1) is 25.5 Å². The molecule has 0 amide bonds. The highest BCUT2D eigenvalue weighted by molar-refractivity contribution is 8.01. The van der Waals surface area contributed by atoms with E-state index in [1.54, 1.807) is 30.3 Å². The molecule has 0 radical (unpaired) electrons. The molecule has 0 unspecified atom stereocenters. The number of carbonyl (C=O) groups excluding carboxylic acids is 1. The van der Waals surface area contributed by atoms with Crippen molar-refractivity contribution in [3.05, 3.63) is 30.3 Å². The van der Waals surface area contributed by atoms with Crippen LogP contribution in [-0.4, -0.2) is 101 Å². The van der Waals surface area contributed by atoms with Crippen molar-refractivity contribution < 1.29 is 39.8 Å². The molecule has 0 bridgehead atoms. The van der Waals surface area contributed by atoms with Gasteiger partial charge in [-0.05, 0) is 34.3 Å². The summed E-state index contributed by atoms with van der Waals surface area (Å²) in [6.07, 6.45) is -8.64. The number of aliphatic hydroxyl groups is 5. The lowest BCUT2D eigenvalue weighted by Crippen LogP contribution is -2.62. The molecule has 1 saturated heterocycles. The van der Waals surface area contributed by atoms with Crippen molar-refractivity contribution in [3.8, 4) is 5.69 Å². The number of hydrogen-bond donors (Lipinski definition) is 5. The number of esters is 1. The Kier molecular flexibility index (Phi) is 7.02. The second kappa shape index (κ2) is 9.34. The van der Waals surface area contributed by atoms with Crippen molar-refractivity contribution >= 4 is 17.7 Å². The summed E-state index contributed by atoms with van der Waals surface area (Å²) in [4.78, 5) is 10.7. The van der Waals surface area contributed by atoms with Gasteiger partial charge in [0.25, 0.3) is 0 Å². The zero-order valence-electron chi connectivity index (χ0n) is 15.8. The summed E-state index contributed by atoms with van der Waals surface area (Å²) in [7, 11) is 1.11. The molecule has 6 atom stereocenters. The molecule has 2 aromatic rings. The Bertz CT molecular complexity index is 855. The van der Waals surface area contributed by atoms with Crippen LogP contribution in [0.2, 0.25) is 0 Å². The number of methoxy groups -OCH3 is 1. The van der Waals surface area contributed by atoms with E-state index in [4.69, 9.17) is 14.6 Å². The number of thioether (sulfide) groups is 1. The van der Waals surface area contributed by atoms with Gasteiger partial charge in [0.2, 0.25) is 10.1 Å². The molecule has 1 aliphatic rings. The van der Waals surface area contributed by atoms with Gasteiger partial charge in [0.1, 0.15) is 24.4 Å². The van der Waals surface area contributed by atoms with Crippen LogP contribution in [-0.2, 0) is 14.3 Å². The van der Waals surface area contributed by atoms with Crippen molar-refractivity contribution in [2.75, 3.05) is 13.7 Å². The number of tetrazole rings is 1. The number of aromatic nitrogens is 4. The van der Waals surface area contributed by atoms with Gasteiger partial charge >= 0.3 is 5.97 Å². The van der Waals surface area contributed by atoms with Crippen LogP contribution in [0, 0.1) is 0 Å². The third kappa shape index (κ3) is 4.32. The third-order valence-electron chi connectivity index (χ3n) is 4.65. The fourth-order valence-electron chi connectivity index (χ4n) is 3.07. The smallest absolute Gasteiger partial charge is 0.349 e. The highest BCUT2D eigenvalue weighted by Crippen LogP contribution is 2.44. The first-order valence-corrected chi connectivity index (χ1v) is 9.76. The molecular formula is C17H22N4O8S. The van der Waals surface area contributed by atoms with E-state index in [9.17, 15) is 25.2 Å². The van der Waals surface area contributed by atoms with Crippen molar-refractivity contribution in [1.82, 2.24) is 20.2 Å². The molecule has 1 aromatic carbocycles. The second-order valence-corrected chi connectivity index (χ2v) is 7.87. The minimum absolute atomic E-state index is 0.117. The van der Waals surface area contributed by atoms with Crippen LogP contribution in [0.3, 0.4) is 0 Å². The molecule has 3 rings (SSSR count). The first-order chi connectivity index (χ1) is 14.3. The standard InChI is InChI=1S/C17H22N4O8S/c1-28-15(27)17(7-10(23)12(25)14(29-17)13(26)11(24)8-22)30-16-18-19-20-21(16)9-5-3-2-4-6-9/h2-6,10-14,22-26H,7-8H2,1H3/t10-,11+,12+,13-,14+,17+/m0/s1. The van der Waals surface area contributed by atoms with Gasteiger partial charge in [-0.1, -0.05) is 18.2 Å². The maximum absolute atomic E-state index is 12.7. The van der Waals surface area contributed by atoms with Crippen LogP contribution in [0.1, 0.15) is 6.42 Å². The van der Waals surface area contributed by atoms with Crippen LogP contribution < -0.4 is 0 Å². The molecule has 164 valence electrons. The average molecular weight is 442 g/mol. The Morgan fingerprint density at radius 2 is 2.07 bits per heavy atom. The third-order valence-corrected chi connectivity index (χ3v) is 5.84. The van der Waals surface area contributed by atoms with Crippen LogP contribution in [0.4, 0.5) is 0 Å². The molecule has 0 saturated carbocycles. The lowest BCUT2D eigenvalue weighted by molar-refractivity contribution is -0.231. The van der Waals surface area contributed by atoms with E-state index in [0.717, 1.165) is 18.9 Å². The van der Waals surface area contributed by atoms with Gasteiger partial charge in [0.15, 0.2) is 0 Å². The predicted molar refractivity (Wildman–Crippen MR) is 100 cm³/mol. The Balaban J connectivity index is 1.98. The largest absolute Gasteiger partial charge is 0.466 e. The zero-order chi connectivity index (χ0) is 21.9. The summed E-state index contributed by atoms with van der Waals surface area (Å²) >= 11 is 0.723. The topological polar surface area (TPSA) is 180 Å². The molecule has 5 N–H and O–H groups in total. The van der Waals surface area contributed by atoms with E-state index in [1.807, 2.05) is 0 Å². The summed E-state index contributed by atoms with van der Waals surface area (Å²) in [6.45, 7) is -0.825. The summed E-state index contributed by atoms with van der Waals surface area (Å²) in [5.41, 5.74) is 0.591. The first-order valence-electron chi connectivity index (χ1n) is 8.95. The number of aliphatic hydroxyl groups excluding tert-OH is 5. The van der Waals surface area contributed by atoms with E-state index in [1.165, 1.54) is 4.68 Å². The van der Waals surface area contributed by atoms with Crippen molar-refractivity contribution in [2.45, 2.75) is 47.0 Å². The molecule has 1 fully saturated rings. The first kappa shape index (κ1) is 22.6. The lowest BCUT2D eigenvalue weighted by atomic mass is 9.92. The van der Waals surface area contributed by atoms with Crippen molar-refractivity contribution in [2.24, 2.45) is 0 Å². The number of rotatable bonds is 7. The minimum Gasteiger partial charge on any atom is -0.466 e. The van der Waals surface area contributed by atoms with Gasteiger partial charge < -0.3 is 35.0 Å². The molecule has 12 nitrogen and oxygen atoms in total. The summed E-state index contributed by atoms with van der Waals surface area (Å²) in [6, 6.07) is 8.80. The molecule has 0 aliphatic carbocycles. The van der Waals surface area contributed by atoms with E-state index in [2.05, 4.69) is 15.5 Å². The number of para-hydroxylation sites is 1. The summed E-state index contributed by atoms with van der Waals surface area (Å²) in [5.74, 6) is -0.920. The van der Waals surface area contributed by atoms with Crippen LogP contribution in [0.5, 0.6) is 0 Å². The molecule has 1 aromatic heterocycles. The van der Waals surface area contributed by atoms with E-state index >= 15 is 0 Å². The highest BCUT2D eigenvalue weighted by atomic mass is 32.2. The highest BCUT2D eigenvalue weighted by Gasteiger charge is 2.56. The van der Waals surface area contributed by atoms with E-state index in [-0.39, 0.29) is 5.16 Å². The van der Waals surface area contributed by atoms with E-state index in [0.29, 0.717) is 5.69 Å². The second-order valence-electron chi connectivity index (χ2n) is 6.64. The summed E-state index contributed by atoms with van der Waals surface area (Å²) in [5, 5.41) is 61.3. The minimum atomic E-state index is -1.95. The Hall–Kier alpha value is -2.13. The van der Waals surface area contributed by atoms with E-state index < -0.39 is 54.4 Å². The number of carbonyl (C=O) groups is 1. The molecule has 2 heterocycles. The Morgan fingerprint density at radius 1 is 1.37 bits per heavy atom. The molecule has 0 spiro atoms. The number of hydrogen-bond acceptors (Lipinski definition) is 12. The number of nitrogens with zero attached hydrogens (tertiary/aromatic N) is 4. The monoisotopic (exact) mass is 442 g/mol. The fraction of sp³-hybridized carbons (Fsp3) is 0.529. The molecule has 1 aliphatic heterocycles. The normalized spacial score (nSPS) is 28.7. The fourth-order valence-corrected chi connectivity index (χ4v) is 4.25.